The predicted octanol–water partition coefficient (Wildman–Crippen LogP) is 4.09. The van der Waals surface area contributed by atoms with Gasteiger partial charge in [0.05, 0.1) is 11.4 Å². The van der Waals surface area contributed by atoms with E-state index in [4.69, 9.17) is 9.05 Å². The van der Waals surface area contributed by atoms with E-state index < -0.39 is 0 Å². The average Bonchev–Trinajstić information content (AvgIpc) is 2.98. The fourth-order valence-electron chi connectivity index (χ4n) is 2.98. The fraction of sp³-hybridized carbons (Fsp3) is 0.647. The summed E-state index contributed by atoms with van der Waals surface area (Å²) < 4.78 is 10.6. The number of nitrogens with zero attached hydrogens (tertiary/aromatic N) is 3. The van der Waals surface area contributed by atoms with Gasteiger partial charge in [-0.25, -0.2) is 0 Å². The Balaban J connectivity index is 2.27. The molecule has 0 bridgehead atoms. The van der Waals surface area contributed by atoms with Crippen molar-refractivity contribution in [1.29, 1.82) is 0 Å². The molecule has 5 heteroatoms. The standard InChI is InChI=1S/C17H27N3O2/c1-7-15(8-2)20(9-16-11(3)18-21-13(16)5)10-17-12(4)19-22-14(17)6/h15H,7-10H2,1-6H3. The zero-order valence-corrected chi connectivity index (χ0v) is 14.6. The van der Waals surface area contributed by atoms with Crippen LogP contribution in [0.4, 0.5) is 0 Å². The van der Waals surface area contributed by atoms with E-state index in [1.165, 1.54) is 11.1 Å². The van der Waals surface area contributed by atoms with Crippen LogP contribution in [0.25, 0.3) is 0 Å². The van der Waals surface area contributed by atoms with E-state index in [1.54, 1.807) is 0 Å². The number of aryl methyl sites for hydroxylation is 4. The van der Waals surface area contributed by atoms with Crippen LogP contribution in [0.3, 0.4) is 0 Å². The van der Waals surface area contributed by atoms with Crippen molar-refractivity contribution in [3.05, 3.63) is 34.0 Å². The minimum absolute atomic E-state index is 0.516. The Bertz CT molecular complexity index is 524. The van der Waals surface area contributed by atoms with Crippen molar-refractivity contribution >= 4 is 0 Å². The topological polar surface area (TPSA) is 55.3 Å². The number of hydrogen-bond acceptors (Lipinski definition) is 5. The Morgan fingerprint density at radius 1 is 0.818 bits per heavy atom. The average molecular weight is 305 g/mol. The zero-order chi connectivity index (χ0) is 16.3. The maximum Gasteiger partial charge on any atom is 0.138 e. The molecule has 0 aromatic carbocycles. The summed E-state index contributed by atoms with van der Waals surface area (Å²) in [6, 6.07) is 0.516. The van der Waals surface area contributed by atoms with Crippen molar-refractivity contribution in [2.24, 2.45) is 0 Å². The predicted molar refractivity (Wildman–Crippen MR) is 85.6 cm³/mol. The molecule has 0 atom stereocenters. The van der Waals surface area contributed by atoms with Gasteiger partial charge in [-0.05, 0) is 40.5 Å². The molecule has 0 unspecified atom stereocenters. The van der Waals surface area contributed by atoms with Gasteiger partial charge in [-0.3, -0.25) is 4.90 Å². The van der Waals surface area contributed by atoms with Crippen LogP contribution in [0.1, 0.15) is 60.7 Å². The van der Waals surface area contributed by atoms with Crippen LogP contribution in [-0.2, 0) is 13.1 Å². The highest BCUT2D eigenvalue weighted by atomic mass is 16.5. The molecule has 0 aliphatic rings. The quantitative estimate of drug-likeness (QED) is 0.771. The van der Waals surface area contributed by atoms with Gasteiger partial charge in [0.1, 0.15) is 11.5 Å². The first-order chi connectivity index (χ1) is 10.5. The Morgan fingerprint density at radius 2 is 1.23 bits per heavy atom. The Hall–Kier alpha value is -1.62. The molecule has 2 aromatic rings. The van der Waals surface area contributed by atoms with Crippen LogP contribution in [0.5, 0.6) is 0 Å². The second-order valence-corrected chi connectivity index (χ2v) is 5.98. The molecule has 0 radical (unpaired) electrons. The molecule has 0 fully saturated rings. The number of rotatable bonds is 7. The zero-order valence-electron chi connectivity index (χ0n) is 14.6. The summed E-state index contributed by atoms with van der Waals surface area (Å²) in [7, 11) is 0. The summed E-state index contributed by atoms with van der Waals surface area (Å²) >= 11 is 0. The summed E-state index contributed by atoms with van der Waals surface area (Å²) in [5, 5.41) is 8.16. The van der Waals surface area contributed by atoms with Gasteiger partial charge in [0, 0.05) is 30.3 Å². The smallest absolute Gasteiger partial charge is 0.138 e. The largest absolute Gasteiger partial charge is 0.361 e. The first-order valence-corrected chi connectivity index (χ1v) is 8.05. The molecule has 0 aliphatic carbocycles. The first-order valence-electron chi connectivity index (χ1n) is 8.05. The Labute approximate surface area is 132 Å². The molecule has 0 saturated heterocycles. The first kappa shape index (κ1) is 16.7. The third-order valence-electron chi connectivity index (χ3n) is 4.54. The lowest BCUT2D eigenvalue weighted by atomic mass is 10.1. The minimum Gasteiger partial charge on any atom is -0.361 e. The van der Waals surface area contributed by atoms with Gasteiger partial charge in [0.2, 0.25) is 0 Å². The molecule has 0 amide bonds. The molecular formula is C17H27N3O2. The Kier molecular flexibility index (Phi) is 5.40. The van der Waals surface area contributed by atoms with Crippen molar-refractivity contribution in [2.45, 2.75) is 73.5 Å². The molecule has 2 rings (SSSR count). The lowest BCUT2D eigenvalue weighted by molar-refractivity contribution is 0.166. The summed E-state index contributed by atoms with van der Waals surface area (Å²) in [6.07, 6.45) is 2.23. The van der Waals surface area contributed by atoms with Gasteiger partial charge >= 0.3 is 0 Å². The van der Waals surface area contributed by atoms with Crippen LogP contribution < -0.4 is 0 Å². The van der Waals surface area contributed by atoms with Crippen molar-refractivity contribution in [2.75, 3.05) is 0 Å². The van der Waals surface area contributed by atoms with E-state index in [0.29, 0.717) is 6.04 Å². The van der Waals surface area contributed by atoms with Crippen molar-refractivity contribution in [1.82, 2.24) is 15.2 Å². The normalized spacial score (nSPS) is 11.8. The molecule has 0 spiro atoms. The van der Waals surface area contributed by atoms with E-state index in [9.17, 15) is 0 Å². The second-order valence-electron chi connectivity index (χ2n) is 5.98. The van der Waals surface area contributed by atoms with E-state index in [2.05, 4.69) is 29.1 Å². The Morgan fingerprint density at radius 3 is 1.50 bits per heavy atom. The third kappa shape index (κ3) is 3.40. The molecular weight excluding hydrogens is 278 g/mol. The molecule has 0 aliphatic heterocycles. The SMILES string of the molecule is CCC(CC)N(Cc1c(C)noc1C)Cc1c(C)noc1C. The third-order valence-corrected chi connectivity index (χ3v) is 4.54. The molecule has 2 aromatic heterocycles. The highest BCUT2D eigenvalue weighted by Gasteiger charge is 2.22. The highest BCUT2D eigenvalue weighted by Crippen LogP contribution is 2.23. The lowest BCUT2D eigenvalue weighted by Crippen LogP contribution is -2.34. The van der Waals surface area contributed by atoms with Gasteiger partial charge < -0.3 is 9.05 Å². The minimum atomic E-state index is 0.516. The molecule has 122 valence electrons. The highest BCUT2D eigenvalue weighted by molar-refractivity contribution is 5.23. The molecule has 5 nitrogen and oxygen atoms in total. The van der Waals surface area contributed by atoms with Gasteiger partial charge in [-0.15, -0.1) is 0 Å². The van der Waals surface area contributed by atoms with E-state index in [0.717, 1.165) is 48.8 Å². The molecule has 2 heterocycles. The summed E-state index contributed by atoms with van der Waals surface area (Å²) in [5.74, 6) is 1.82. The summed E-state index contributed by atoms with van der Waals surface area (Å²) in [4.78, 5) is 2.49. The molecule has 22 heavy (non-hydrogen) atoms. The molecule has 0 N–H and O–H groups in total. The summed E-state index contributed by atoms with van der Waals surface area (Å²) in [5.41, 5.74) is 4.34. The van der Waals surface area contributed by atoms with E-state index >= 15 is 0 Å². The maximum atomic E-state index is 5.32. The monoisotopic (exact) mass is 305 g/mol. The van der Waals surface area contributed by atoms with E-state index in [1.807, 2.05) is 27.7 Å². The van der Waals surface area contributed by atoms with Gasteiger partial charge in [-0.1, -0.05) is 24.2 Å². The number of hydrogen-bond donors (Lipinski definition) is 0. The maximum absolute atomic E-state index is 5.32. The van der Waals surface area contributed by atoms with Gasteiger partial charge in [0.25, 0.3) is 0 Å². The molecule has 0 saturated carbocycles. The van der Waals surface area contributed by atoms with Gasteiger partial charge in [0.15, 0.2) is 0 Å². The summed E-state index contributed by atoms with van der Waals surface area (Å²) in [6.45, 7) is 14.1. The fourth-order valence-corrected chi connectivity index (χ4v) is 2.98. The van der Waals surface area contributed by atoms with Crippen LogP contribution in [0.2, 0.25) is 0 Å². The van der Waals surface area contributed by atoms with E-state index in [-0.39, 0.29) is 0 Å². The van der Waals surface area contributed by atoms with Crippen LogP contribution >= 0.6 is 0 Å². The second kappa shape index (κ2) is 7.09. The van der Waals surface area contributed by atoms with Crippen molar-refractivity contribution in [3.8, 4) is 0 Å². The van der Waals surface area contributed by atoms with Crippen molar-refractivity contribution in [3.63, 3.8) is 0 Å². The van der Waals surface area contributed by atoms with Crippen LogP contribution in [0, 0.1) is 27.7 Å². The van der Waals surface area contributed by atoms with Crippen LogP contribution in [-0.4, -0.2) is 21.3 Å². The van der Waals surface area contributed by atoms with Gasteiger partial charge in [-0.2, -0.15) is 0 Å². The van der Waals surface area contributed by atoms with Crippen molar-refractivity contribution < 1.29 is 9.05 Å². The number of aromatic nitrogens is 2. The van der Waals surface area contributed by atoms with Crippen LogP contribution in [0.15, 0.2) is 9.05 Å². The lowest BCUT2D eigenvalue weighted by Gasteiger charge is -2.30.